The van der Waals surface area contributed by atoms with E-state index in [0.717, 1.165) is 38.5 Å². The van der Waals surface area contributed by atoms with E-state index in [1.807, 2.05) is 12.2 Å². The Morgan fingerprint density at radius 1 is 0.550 bits per heavy atom. The lowest BCUT2D eigenvalue weighted by Crippen LogP contribution is -2.29. The van der Waals surface area contributed by atoms with E-state index in [2.05, 4.69) is 38.2 Å². The molecule has 11 heteroatoms. The van der Waals surface area contributed by atoms with Crippen LogP contribution in [0.3, 0.4) is 0 Å². The number of allylic oxidation sites excluding steroid dienone is 8. The lowest BCUT2D eigenvalue weighted by molar-refractivity contribution is -0.161. The van der Waals surface area contributed by atoms with Crippen LogP contribution in [0.1, 0.15) is 213 Å². The van der Waals surface area contributed by atoms with Gasteiger partial charge in [0.2, 0.25) is 0 Å². The van der Waals surface area contributed by atoms with Gasteiger partial charge in [0.05, 0.1) is 13.2 Å². The maximum Gasteiger partial charge on any atom is 0.472 e. The van der Waals surface area contributed by atoms with E-state index in [4.69, 9.17) is 24.3 Å². The quantitative estimate of drug-likeness (QED) is 0.0151. The molecule has 0 aliphatic heterocycles. The van der Waals surface area contributed by atoms with E-state index in [9.17, 15) is 23.8 Å². The molecule has 3 N–H and O–H groups in total. The predicted octanol–water partition coefficient (Wildman–Crippen LogP) is 13.5. The van der Waals surface area contributed by atoms with E-state index >= 15 is 0 Å². The molecule has 0 rings (SSSR count). The minimum atomic E-state index is -4.45. The molecule has 0 saturated carbocycles. The van der Waals surface area contributed by atoms with Crippen molar-refractivity contribution in [3.8, 4) is 0 Å². The van der Waals surface area contributed by atoms with Crippen molar-refractivity contribution in [3.05, 3.63) is 48.6 Å². The van der Waals surface area contributed by atoms with Gasteiger partial charge in [-0.05, 0) is 44.6 Å². The smallest absolute Gasteiger partial charge is 0.462 e. The third-order valence-electron chi connectivity index (χ3n) is 10.2. The molecule has 348 valence electrons. The number of nitrogens with two attached hydrogens (primary N) is 1. The predicted molar refractivity (Wildman–Crippen MR) is 248 cm³/mol. The molecule has 0 heterocycles. The molecule has 2 atom stereocenters. The molecule has 0 saturated heterocycles. The van der Waals surface area contributed by atoms with Crippen molar-refractivity contribution in [2.45, 2.75) is 219 Å². The van der Waals surface area contributed by atoms with Gasteiger partial charge >= 0.3 is 19.8 Å². The summed E-state index contributed by atoms with van der Waals surface area (Å²) in [6.45, 7) is 3.45. The van der Waals surface area contributed by atoms with Crippen LogP contribution in [0.4, 0.5) is 0 Å². The van der Waals surface area contributed by atoms with Crippen molar-refractivity contribution in [2.75, 3.05) is 26.4 Å². The number of hydrogen-bond donors (Lipinski definition) is 2. The molecule has 0 aromatic rings. The van der Waals surface area contributed by atoms with Crippen LogP contribution in [-0.2, 0) is 37.5 Å². The van der Waals surface area contributed by atoms with Gasteiger partial charge in [-0.15, -0.1) is 0 Å². The first-order valence-electron chi connectivity index (χ1n) is 24.1. The zero-order chi connectivity index (χ0) is 44.0. The van der Waals surface area contributed by atoms with Crippen LogP contribution in [-0.4, -0.2) is 55.1 Å². The minimum absolute atomic E-state index is 0.0162. The van der Waals surface area contributed by atoms with E-state index in [0.29, 0.717) is 6.42 Å². The van der Waals surface area contributed by atoms with Crippen LogP contribution in [0.25, 0.3) is 0 Å². The van der Waals surface area contributed by atoms with Crippen LogP contribution in [0, 0.1) is 0 Å². The fraction of sp³-hybridized carbons (Fsp3) is 0.776. The number of esters is 2. The fourth-order valence-corrected chi connectivity index (χ4v) is 7.35. The first kappa shape index (κ1) is 57.6. The normalized spacial score (nSPS) is 13.5. The fourth-order valence-electron chi connectivity index (χ4n) is 6.59. The SMILES string of the molecule is CCCCC/C=C\C/C=C\C/C=C\C=C\C(=O)CCCC(=O)O[C@H](COC(=O)CCCCCCCCCCCCCCCCCCCCCCC)COP(=O)(O)OCCN. The third kappa shape index (κ3) is 43.7. The Labute approximate surface area is 366 Å². The Hall–Kier alpha value is -2.36. The second-order valence-corrected chi connectivity index (χ2v) is 17.5. The third-order valence-corrected chi connectivity index (χ3v) is 11.2. The summed E-state index contributed by atoms with van der Waals surface area (Å²) < 4.78 is 32.6. The zero-order valence-electron chi connectivity index (χ0n) is 38.2. The Morgan fingerprint density at radius 3 is 1.58 bits per heavy atom. The number of ketones is 1. The number of carbonyl (C=O) groups excluding carboxylic acids is 3. The molecule has 0 amide bonds. The highest BCUT2D eigenvalue weighted by Crippen LogP contribution is 2.43. The topological polar surface area (TPSA) is 151 Å². The highest BCUT2D eigenvalue weighted by molar-refractivity contribution is 7.47. The van der Waals surface area contributed by atoms with Crippen LogP contribution in [0.5, 0.6) is 0 Å². The van der Waals surface area contributed by atoms with Gasteiger partial charge in [0, 0.05) is 25.8 Å². The number of phosphoric acid groups is 1. The number of carbonyl (C=O) groups is 3. The van der Waals surface area contributed by atoms with Crippen LogP contribution < -0.4 is 5.73 Å². The van der Waals surface area contributed by atoms with Crippen LogP contribution in [0.15, 0.2) is 48.6 Å². The highest BCUT2D eigenvalue weighted by Gasteiger charge is 2.26. The van der Waals surface area contributed by atoms with Crippen LogP contribution >= 0.6 is 7.82 Å². The monoisotopic (exact) mass is 866 g/mol. The molecule has 0 aliphatic carbocycles. The van der Waals surface area contributed by atoms with Gasteiger partial charge in [-0.2, -0.15) is 0 Å². The lowest BCUT2D eigenvalue weighted by atomic mass is 10.0. The lowest BCUT2D eigenvalue weighted by Gasteiger charge is -2.19. The Morgan fingerprint density at radius 2 is 1.03 bits per heavy atom. The maximum absolute atomic E-state index is 12.6. The molecular formula is C49H88NO9P. The number of ether oxygens (including phenoxy) is 2. The zero-order valence-corrected chi connectivity index (χ0v) is 39.1. The first-order valence-corrected chi connectivity index (χ1v) is 25.6. The molecule has 0 aliphatic rings. The van der Waals surface area contributed by atoms with Gasteiger partial charge in [-0.3, -0.25) is 23.4 Å². The highest BCUT2D eigenvalue weighted by atomic mass is 31.2. The molecule has 60 heavy (non-hydrogen) atoms. The average molecular weight is 866 g/mol. The summed E-state index contributed by atoms with van der Waals surface area (Å²) in [5, 5.41) is 0. The molecule has 0 bridgehead atoms. The van der Waals surface area contributed by atoms with Crippen molar-refractivity contribution >= 4 is 25.5 Å². The Balaban J connectivity index is 4.22. The number of unbranched alkanes of at least 4 members (excludes halogenated alkanes) is 23. The van der Waals surface area contributed by atoms with E-state index in [-0.39, 0.29) is 51.2 Å². The second-order valence-electron chi connectivity index (χ2n) is 16.0. The minimum Gasteiger partial charge on any atom is -0.462 e. The van der Waals surface area contributed by atoms with Crippen LogP contribution in [0.2, 0.25) is 0 Å². The summed E-state index contributed by atoms with van der Waals surface area (Å²) in [7, 11) is -4.45. The average Bonchev–Trinajstić information content (AvgIpc) is 3.23. The molecule has 0 spiro atoms. The number of hydrogen-bond acceptors (Lipinski definition) is 9. The Kier molecular flexibility index (Phi) is 42.9. The van der Waals surface area contributed by atoms with Gasteiger partial charge in [-0.1, -0.05) is 198 Å². The summed E-state index contributed by atoms with van der Waals surface area (Å²) in [5.74, 6) is -1.20. The molecule has 0 aromatic heterocycles. The summed E-state index contributed by atoms with van der Waals surface area (Å²) in [5.41, 5.74) is 5.34. The van der Waals surface area contributed by atoms with Crippen molar-refractivity contribution in [1.29, 1.82) is 0 Å². The molecule has 0 radical (unpaired) electrons. The van der Waals surface area contributed by atoms with Crippen molar-refractivity contribution in [1.82, 2.24) is 0 Å². The Bertz CT molecular complexity index is 1190. The van der Waals surface area contributed by atoms with Crippen molar-refractivity contribution in [2.24, 2.45) is 5.73 Å². The first-order chi connectivity index (χ1) is 29.2. The van der Waals surface area contributed by atoms with Gasteiger partial charge in [0.15, 0.2) is 11.9 Å². The standard InChI is InChI=1S/C49H88NO9P/c1-3-5-7-9-11-13-15-17-18-19-20-21-22-23-24-26-28-30-32-34-36-40-48(52)56-44-47(45-58-60(54,55)57-43-42-50)59-49(53)41-37-39-46(51)38-35-33-31-29-27-25-16-14-12-10-8-6-4-2/h12,14,25,27,31,33,35,38,47H,3-11,13,15-24,26,28-30,32,34,36-37,39-45,50H2,1-2H3,(H,54,55)/b14-12-,27-25-,33-31-,38-35+/t47-/m1/s1. The van der Waals surface area contributed by atoms with E-state index < -0.39 is 32.5 Å². The van der Waals surface area contributed by atoms with E-state index in [1.165, 1.54) is 134 Å². The maximum atomic E-state index is 12.6. The van der Waals surface area contributed by atoms with Gasteiger partial charge in [-0.25, -0.2) is 4.57 Å². The van der Waals surface area contributed by atoms with Gasteiger partial charge in [0.25, 0.3) is 0 Å². The van der Waals surface area contributed by atoms with Crippen molar-refractivity contribution < 1.29 is 42.4 Å². The summed E-state index contributed by atoms with van der Waals surface area (Å²) >= 11 is 0. The molecule has 1 unspecified atom stereocenters. The van der Waals surface area contributed by atoms with E-state index in [1.54, 1.807) is 6.08 Å². The summed E-state index contributed by atoms with van der Waals surface area (Å²) in [6, 6.07) is 0. The van der Waals surface area contributed by atoms with Gasteiger partial charge < -0.3 is 20.1 Å². The molecular weight excluding hydrogens is 778 g/mol. The summed E-state index contributed by atoms with van der Waals surface area (Å²) in [6.07, 6.45) is 48.7. The second kappa shape index (κ2) is 44.7. The van der Waals surface area contributed by atoms with Gasteiger partial charge in [0.1, 0.15) is 6.61 Å². The number of rotatable bonds is 45. The molecule has 10 nitrogen and oxygen atoms in total. The van der Waals surface area contributed by atoms with Crippen molar-refractivity contribution in [3.63, 3.8) is 0 Å². The largest absolute Gasteiger partial charge is 0.472 e. The molecule has 0 fully saturated rings. The summed E-state index contributed by atoms with van der Waals surface area (Å²) in [4.78, 5) is 47.2. The number of phosphoric ester groups is 1. The molecule has 0 aromatic carbocycles.